The molecule has 0 amide bonds. The van der Waals surface area contributed by atoms with Gasteiger partial charge in [0, 0.05) is 26.3 Å². The van der Waals surface area contributed by atoms with Crippen LogP contribution in [0.3, 0.4) is 0 Å². The molecule has 2 nitrogen and oxygen atoms in total. The van der Waals surface area contributed by atoms with Crippen molar-refractivity contribution in [3.63, 3.8) is 0 Å². The van der Waals surface area contributed by atoms with Gasteiger partial charge >= 0.3 is 0 Å². The molecule has 0 aliphatic heterocycles. The van der Waals surface area contributed by atoms with Crippen molar-refractivity contribution in [1.29, 1.82) is 0 Å². The molecule has 0 spiro atoms. The van der Waals surface area contributed by atoms with Crippen LogP contribution in [0.4, 0.5) is 0 Å². The zero-order valence-corrected chi connectivity index (χ0v) is 12.7. The van der Waals surface area contributed by atoms with E-state index in [1.54, 1.807) is 0 Å². The van der Waals surface area contributed by atoms with Crippen molar-refractivity contribution in [3.05, 3.63) is 20.3 Å². The van der Waals surface area contributed by atoms with Crippen LogP contribution in [0, 0.1) is 6.92 Å². The lowest BCUT2D eigenvalue weighted by molar-refractivity contribution is 0.120. The van der Waals surface area contributed by atoms with Gasteiger partial charge in [0.25, 0.3) is 0 Å². The van der Waals surface area contributed by atoms with Crippen LogP contribution < -0.4 is 5.32 Å². The topological polar surface area (TPSA) is 32.3 Å². The van der Waals surface area contributed by atoms with Gasteiger partial charge in [-0.05, 0) is 41.8 Å². The van der Waals surface area contributed by atoms with Crippen molar-refractivity contribution in [3.8, 4) is 0 Å². The Morgan fingerprint density at radius 3 is 2.65 bits per heavy atom. The predicted octanol–water partition coefficient (Wildman–Crippen LogP) is 3.60. The van der Waals surface area contributed by atoms with E-state index in [9.17, 15) is 5.11 Å². The summed E-state index contributed by atoms with van der Waals surface area (Å²) in [6, 6.07) is 2.18. The number of hydrogen-bond donors (Lipinski definition) is 2. The third-order valence-electron chi connectivity index (χ3n) is 3.66. The van der Waals surface area contributed by atoms with Gasteiger partial charge in [0.2, 0.25) is 0 Å². The van der Waals surface area contributed by atoms with E-state index < -0.39 is 0 Å². The Hall–Kier alpha value is 0.100. The Morgan fingerprint density at radius 1 is 1.41 bits per heavy atom. The lowest BCUT2D eigenvalue weighted by atomic mass is 9.82. The molecule has 1 aliphatic rings. The minimum Gasteiger partial charge on any atom is -0.394 e. The van der Waals surface area contributed by atoms with Crippen LogP contribution in [0.15, 0.2) is 10.5 Å². The fraction of sp³-hybridized carbons (Fsp3) is 0.692. The van der Waals surface area contributed by atoms with Gasteiger partial charge in [-0.3, -0.25) is 0 Å². The molecular formula is C13H20BrNOS. The molecule has 2 N–H and O–H groups in total. The van der Waals surface area contributed by atoms with Crippen molar-refractivity contribution >= 4 is 27.3 Å². The molecule has 0 unspecified atom stereocenters. The maximum absolute atomic E-state index is 9.61. The number of hydrogen-bond acceptors (Lipinski definition) is 3. The summed E-state index contributed by atoms with van der Waals surface area (Å²) >= 11 is 5.37. The fourth-order valence-electron chi connectivity index (χ4n) is 2.50. The Kier molecular flexibility index (Phi) is 4.64. The summed E-state index contributed by atoms with van der Waals surface area (Å²) in [5, 5.41) is 13.2. The van der Waals surface area contributed by atoms with Crippen LogP contribution in [0.5, 0.6) is 0 Å². The Labute approximate surface area is 116 Å². The van der Waals surface area contributed by atoms with Gasteiger partial charge in [0.1, 0.15) is 0 Å². The monoisotopic (exact) mass is 317 g/mol. The first-order valence-corrected chi connectivity index (χ1v) is 7.87. The van der Waals surface area contributed by atoms with Crippen molar-refractivity contribution in [1.82, 2.24) is 5.32 Å². The maximum atomic E-state index is 9.61. The highest BCUT2D eigenvalue weighted by Gasteiger charge is 2.30. The minimum absolute atomic E-state index is 0.0252. The summed E-state index contributed by atoms with van der Waals surface area (Å²) in [5.41, 5.74) is -0.0252. The predicted molar refractivity (Wildman–Crippen MR) is 76.5 cm³/mol. The van der Waals surface area contributed by atoms with E-state index in [4.69, 9.17) is 0 Å². The number of aliphatic hydroxyl groups is 1. The second-order valence-electron chi connectivity index (χ2n) is 4.97. The highest BCUT2D eigenvalue weighted by molar-refractivity contribution is 9.10. The summed E-state index contributed by atoms with van der Waals surface area (Å²) in [5.74, 6) is 0. The maximum Gasteiger partial charge on any atom is 0.0613 e. The number of nitrogens with one attached hydrogen (secondary N) is 1. The number of aliphatic hydroxyl groups excluding tert-OH is 1. The molecule has 0 atom stereocenters. The van der Waals surface area contributed by atoms with Crippen molar-refractivity contribution in [2.45, 2.75) is 51.1 Å². The quantitative estimate of drug-likeness (QED) is 0.889. The summed E-state index contributed by atoms with van der Waals surface area (Å²) in [7, 11) is 0. The molecule has 4 heteroatoms. The van der Waals surface area contributed by atoms with E-state index in [-0.39, 0.29) is 12.1 Å². The number of thiophene rings is 1. The number of rotatable bonds is 4. The Bertz CT molecular complexity index is 352. The number of halogens is 1. The van der Waals surface area contributed by atoms with Gasteiger partial charge < -0.3 is 10.4 Å². The molecule has 1 saturated carbocycles. The molecular weight excluding hydrogens is 298 g/mol. The summed E-state index contributed by atoms with van der Waals surface area (Å²) in [6.45, 7) is 3.26. The lowest BCUT2D eigenvalue weighted by Gasteiger charge is -2.36. The van der Waals surface area contributed by atoms with E-state index >= 15 is 0 Å². The molecule has 0 bridgehead atoms. The molecule has 0 aromatic carbocycles. The van der Waals surface area contributed by atoms with E-state index in [2.05, 4.69) is 34.2 Å². The van der Waals surface area contributed by atoms with Crippen molar-refractivity contribution in [2.75, 3.05) is 6.61 Å². The van der Waals surface area contributed by atoms with Crippen LogP contribution in [0.1, 0.15) is 41.9 Å². The third kappa shape index (κ3) is 3.31. The molecule has 1 aromatic rings. The molecule has 1 aliphatic carbocycles. The molecule has 0 saturated heterocycles. The fourth-order valence-corrected chi connectivity index (χ4v) is 4.04. The first-order valence-electron chi connectivity index (χ1n) is 6.26. The summed E-state index contributed by atoms with van der Waals surface area (Å²) in [4.78, 5) is 2.66. The molecule has 1 aromatic heterocycles. The molecule has 96 valence electrons. The van der Waals surface area contributed by atoms with Crippen molar-refractivity contribution in [2.24, 2.45) is 0 Å². The SMILES string of the molecule is Cc1sc(CNC2(CO)CCCCC2)cc1Br. The molecule has 0 radical (unpaired) electrons. The summed E-state index contributed by atoms with van der Waals surface area (Å²) < 4.78 is 1.20. The Balaban J connectivity index is 1.95. The third-order valence-corrected chi connectivity index (χ3v) is 5.80. The van der Waals surface area contributed by atoms with E-state index in [1.165, 1.54) is 33.5 Å². The highest BCUT2D eigenvalue weighted by atomic mass is 79.9. The normalized spacial score (nSPS) is 19.5. The van der Waals surface area contributed by atoms with Gasteiger partial charge in [0.15, 0.2) is 0 Å². The van der Waals surface area contributed by atoms with E-state index in [0.29, 0.717) is 0 Å². The van der Waals surface area contributed by atoms with Gasteiger partial charge in [-0.15, -0.1) is 11.3 Å². The standard InChI is InChI=1S/C13H20BrNOS/c1-10-12(14)7-11(17-10)8-15-13(9-16)5-3-2-4-6-13/h7,15-16H,2-6,8-9H2,1H3. The number of aryl methyl sites for hydroxylation is 1. The second-order valence-corrected chi connectivity index (χ2v) is 7.16. The first kappa shape index (κ1) is 13.5. The molecule has 1 fully saturated rings. The van der Waals surface area contributed by atoms with Crippen LogP contribution in [0.2, 0.25) is 0 Å². The molecule has 2 rings (SSSR count). The summed E-state index contributed by atoms with van der Waals surface area (Å²) in [6.07, 6.45) is 6.00. The van der Waals surface area contributed by atoms with Crippen molar-refractivity contribution < 1.29 is 5.11 Å². The van der Waals surface area contributed by atoms with Crippen LogP contribution in [-0.2, 0) is 6.54 Å². The molecule has 1 heterocycles. The Morgan fingerprint density at radius 2 is 2.12 bits per heavy atom. The molecule has 17 heavy (non-hydrogen) atoms. The smallest absolute Gasteiger partial charge is 0.0613 e. The zero-order valence-electron chi connectivity index (χ0n) is 10.3. The van der Waals surface area contributed by atoms with E-state index in [1.807, 2.05) is 11.3 Å². The van der Waals surface area contributed by atoms with Crippen LogP contribution in [-0.4, -0.2) is 17.3 Å². The van der Waals surface area contributed by atoms with Gasteiger partial charge in [0.05, 0.1) is 6.61 Å². The average molecular weight is 318 g/mol. The highest BCUT2D eigenvalue weighted by Crippen LogP contribution is 2.30. The lowest BCUT2D eigenvalue weighted by Crippen LogP contribution is -2.49. The van der Waals surface area contributed by atoms with Crippen LogP contribution >= 0.6 is 27.3 Å². The second kappa shape index (κ2) is 5.83. The van der Waals surface area contributed by atoms with Crippen LogP contribution in [0.25, 0.3) is 0 Å². The largest absolute Gasteiger partial charge is 0.394 e. The minimum atomic E-state index is -0.0252. The van der Waals surface area contributed by atoms with Gasteiger partial charge in [-0.25, -0.2) is 0 Å². The average Bonchev–Trinajstić information content (AvgIpc) is 2.68. The van der Waals surface area contributed by atoms with Gasteiger partial charge in [-0.2, -0.15) is 0 Å². The zero-order chi connectivity index (χ0) is 12.3. The first-order chi connectivity index (χ1) is 8.15. The van der Waals surface area contributed by atoms with E-state index in [0.717, 1.165) is 19.4 Å². The van der Waals surface area contributed by atoms with Gasteiger partial charge in [-0.1, -0.05) is 19.3 Å².